The minimum atomic E-state index is 0. The fourth-order valence-corrected chi connectivity index (χ4v) is 2.58. The van der Waals surface area contributed by atoms with Crippen LogP contribution in [0.5, 0.6) is 0 Å². The second kappa shape index (κ2) is 6.15. The third-order valence-corrected chi connectivity index (χ3v) is 3.59. The van der Waals surface area contributed by atoms with Crippen LogP contribution in [0, 0.1) is 0 Å². The van der Waals surface area contributed by atoms with E-state index in [0.29, 0.717) is 21.4 Å². The van der Waals surface area contributed by atoms with Gasteiger partial charge in [-0.1, -0.05) is 35.3 Å². The Hall–Kier alpha value is -1.06. The van der Waals surface area contributed by atoms with Crippen molar-refractivity contribution < 1.29 is 0 Å². The molecule has 0 bridgehead atoms. The molecule has 0 fully saturated rings. The fourth-order valence-electron chi connectivity index (χ4n) is 2.24. The Morgan fingerprint density at radius 3 is 1.30 bits per heavy atom. The number of rotatable bonds is 0. The molecule has 3 aromatic rings. The number of anilines is 2. The molecule has 3 aromatic carbocycles. The first-order chi connectivity index (χ1) is 8.58. The van der Waals surface area contributed by atoms with E-state index in [2.05, 4.69) is 0 Å². The Kier molecular flexibility index (Phi) is 5.22. The third kappa shape index (κ3) is 2.57. The van der Waals surface area contributed by atoms with Crippen molar-refractivity contribution in [2.24, 2.45) is 0 Å². The number of halogens is 4. The molecule has 0 aromatic heterocycles. The van der Waals surface area contributed by atoms with Crippen LogP contribution in [0.15, 0.2) is 36.4 Å². The summed E-state index contributed by atoms with van der Waals surface area (Å²) in [4.78, 5) is 0. The van der Waals surface area contributed by atoms with Crippen LogP contribution < -0.4 is 11.5 Å². The van der Waals surface area contributed by atoms with Gasteiger partial charge in [-0.25, -0.2) is 0 Å². The Bertz CT molecular complexity index is 720. The highest BCUT2D eigenvalue weighted by Crippen LogP contribution is 2.38. The van der Waals surface area contributed by atoms with Crippen molar-refractivity contribution >= 4 is 80.9 Å². The summed E-state index contributed by atoms with van der Waals surface area (Å²) in [7, 11) is 0. The molecule has 6 heteroatoms. The molecule has 0 heterocycles. The summed E-state index contributed by atoms with van der Waals surface area (Å²) in [6, 6.07) is 11.1. The van der Waals surface area contributed by atoms with Crippen LogP contribution in [-0.4, -0.2) is 0 Å². The van der Waals surface area contributed by atoms with E-state index >= 15 is 0 Å². The molecule has 0 radical (unpaired) electrons. The minimum absolute atomic E-state index is 0. The van der Waals surface area contributed by atoms with Crippen molar-refractivity contribution in [1.29, 1.82) is 0 Å². The summed E-state index contributed by atoms with van der Waals surface area (Å²) >= 11 is 12.1. The standard InChI is InChI=1S/C14H10Cl2N2.2ClH/c15-7-1-3-9-11(5-7)12-6-8(16)2-4-10(12)14(18)13(9)17;;/h1-6H,17-18H2;2*1H. The van der Waals surface area contributed by atoms with Gasteiger partial charge in [-0.2, -0.15) is 0 Å². The van der Waals surface area contributed by atoms with Crippen molar-refractivity contribution in [3.63, 3.8) is 0 Å². The molecular weight excluding hydrogens is 338 g/mol. The second-order valence-corrected chi connectivity index (χ2v) is 5.08. The summed E-state index contributed by atoms with van der Waals surface area (Å²) < 4.78 is 0. The van der Waals surface area contributed by atoms with Crippen molar-refractivity contribution in [3.8, 4) is 0 Å². The second-order valence-electron chi connectivity index (χ2n) is 4.21. The van der Waals surface area contributed by atoms with E-state index in [1.54, 1.807) is 12.1 Å². The van der Waals surface area contributed by atoms with Crippen LogP contribution in [0.1, 0.15) is 0 Å². The van der Waals surface area contributed by atoms with Gasteiger partial charge in [0.2, 0.25) is 0 Å². The lowest BCUT2D eigenvalue weighted by Gasteiger charge is -2.12. The van der Waals surface area contributed by atoms with Crippen LogP contribution in [0.3, 0.4) is 0 Å². The molecule has 3 rings (SSSR count). The molecule has 0 aliphatic rings. The molecule has 2 nitrogen and oxygen atoms in total. The Balaban J connectivity index is 0.000001000. The van der Waals surface area contributed by atoms with Crippen molar-refractivity contribution in [2.75, 3.05) is 11.5 Å². The normalized spacial score (nSPS) is 10.1. The smallest absolute Gasteiger partial charge is 0.0634 e. The Labute approximate surface area is 138 Å². The molecular formula is C14H12Cl4N2. The maximum Gasteiger partial charge on any atom is 0.0634 e. The monoisotopic (exact) mass is 348 g/mol. The van der Waals surface area contributed by atoms with Gasteiger partial charge in [0.15, 0.2) is 0 Å². The van der Waals surface area contributed by atoms with Crippen molar-refractivity contribution in [2.45, 2.75) is 0 Å². The molecule has 0 saturated heterocycles. The first-order valence-electron chi connectivity index (χ1n) is 5.43. The van der Waals surface area contributed by atoms with Crippen molar-refractivity contribution in [3.05, 3.63) is 46.4 Å². The maximum absolute atomic E-state index is 6.07. The lowest BCUT2D eigenvalue weighted by atomic mass is 9.98. The lowest BCUT2D eigenvalue weighted by Crippen LogP contribution is -1.97. The predicted molar refractivity (Wildman–Crippen MR) is 94.8 cm³/mol. The summed E-state index contributed by atoms with van der Waals surface area (Å²) in [5, 5.41) is 5.04. The largest absolute Gasteiger partial charge is 0.397 e. The zero-order chi connectivity index (χ0) is 12.9. The van der Waals surface area contributed by atoms with Gasteiger partial charge in [0.1, 0.15) is 0 Å². The van der Waals surface area contributed by atoms with Gasteiger partial charge in [-0.15, -0.1) is 24.8 Å². The number of hydrogen-bond acceptors (Lipinski definition) is 2. The van der Waals surface area contributed by atoms with E-state index in [9.17, 15) is 0 Å². The van der Waals surface area contributed by atoms with Gasteiger partial charge in [0.25, 0.3) is 0 Å². The lowest BCUT2D eigenvalue weighted by molar-refractivity contribution is 1.73. The van der Waals surface area contributed by atoms with Gasteiger partial charge < -0.3 is 11.5 Å². The molecule has 0 aliphatic carbocycles. The highest BCUT2D eigenvalue weighted by Gasteiger charge is 2.10. The van der Waals surface area contributed by atoms with Gasteiger partial charge in [-0.05, 0) is 35.0 Å². The molecule has 20 heavy (non-hydrogen) atoms. The zero-order valence-corrected chi connectivity index (χ0v) is 13.3. The van der Waals surface area contributed by atoms with E-state index in [4.69, 9.17) is 34.7 Å². The van der Waals surface area contributed by atoms with E-state index in [1.807, 2.05) is 24.3 Å². The van der Waals surface area contributed by atoms with Crippen molar-refractivity contribution in [1.82, 2.24) is 0 Å². The van der Waals surface area contributed by atoms with Gasteiger partial charge >= 0.3 is 0 Å². The van der Waals surface area contributed by atoms with Crippen LogP contribution >= 0.6 is 48.0 Å². The van der Waals surface area contributed by atoms with Crippen LogP contribution in [-0.2, 0) is 0 Å². The number of benzene rings is 3. The zero-order valence-electron chi connectivity index (χ0n) is 10.2. The highest BCUT2D eigenvalue weighted by atomic mass is 35.5. The average Bonchev–Trinajstić information content (AvgIpc) is 2.36. The van der Waals surface area contributed by atoms with Crippen LogP contribution in [0.25, 0.3) is 21.5 Å². The SMILES string of the molecule is Cl.Cl.Nc1c(N)c2ccc(Cl)cc2c2cc(Cl)ccc12. The summed E-state index contributed by atoms with van der Waals surface area (Å²) in [5.41, 5.74) is 13.3. The molecule has 0 saturated carbocycles. The number of nitrogen functional groups attached to an aromatic ring is 2. The Morgan fingerprint density at radius 1 is 0.600 bits per heavy atom. The molecule has 0 aliphatic heterocycles. The average molecular weight is 350 g/mol. The number of fused-ring (bicyclic) bond motifs is 3. The molecule has 0 spiro atoms. The molecule has 4 N–H and O–H groups in total. The summed E-state index contributed by atoms with van der Waals surface area (Å²) in [5.74, 6) is 0. The molecule has 106 valence electrons. The van der Waals surface area contributed by atoms with E-state index in [-0.39, 0.29) is 24.8 Å². The summed E-state index contributed by atoms with van der Waals surface area (Å²) in [6.45, 7) is 0. The van der Waals surface area contributed by atoms with E-state index in [1.165, 1.54) is 0 Å². The van der Waals surface area contributed by atoms with Crippen LogP contribution in [0.2, 0.25) is 10.0 Å². The Morgan fingerprint density at radius 2 is 0.950 bits per heavy atom. The quantitative estimate of drug-likeness (QED) is 0.328. The first kappa shape index (κ1) is 17.0. The minimum Gasteiger partial charge on any atom is -0.397 e. The first-order valence-corrected chi connectivity index (χ1v) is 6.19. The topological polar surface area (TPSA) is 52.0 Å². The van der Waals surface area contributed by atoms with Gasteiger partial charge in [0.05, 0.1) is 11.4 Å². The fraction of sp³-hybridized carbons (Fsp3) is 0. The third-order valence-electron chi connectivity index (χ3n) is 3.12. The number of hydrogen-bond donors (Lipinski definition) is 2. The molecule has 0 atom stereocenters. The van der Waals surface area contributed by atoms with Gasteiger partial charge in [0, 0.05) is 20.8 Å². The van der Waals surface area contributed by atoms with Gasteiger partial charge in [-0.3, -0.25) is 0 Å². The molecule has 0 unspecified atom stereocenters. The van der Waals surface area contributed by atoms with E-state index in [0.717, 1.165) is 21.5 Å². The maximum atomic E-state index is 6.07. The van der Waals surface area contributed by atoms with E-state index < -0.39 is 0 Å². The van der Waals surface area contributed by atoms with Crippen LogP contribution in [0.4, 0.5) is 11.4 Å². The molecule has 0 amide bonds. The predicted octanol–water partition coefficient (Wildman–Crippen LogP) is 5.31. The number of nitrogens with two attached hydrogens (primary N) is 2. The highest BCUT2D eigenvalue weighted by molar-refractivity contribution is 6.34. The summed E-state index contributed by atoms with van der Waals surface area (Å²) in [6.07, 6.45) is 0.